The van der Waals surface area contributed by atoms with E-state index in [2.05, 4.69) is 24.0 Å². The molecule has 0 spiro atoms. The zero-order valence-electron chi connectivity index (χ0n) is 10.9. The number of ether oxygens (including phenoxy) is 1. The van der Waals surface area contributed by atoms with E-state index in [1.807, 2.05) is 0 Å². The van der Waals surface area contributed by atoms with Crippen LogP contribution >= 0.6 is 22.9 Å². The Kier molecular flexibility index (Phi) is 6.52. The molecule has 0 saturated heterocycles. The minimum absolute atomic E-state index is 0.120. The molecule has 0 radical (unpaired) electrons. The van der Waals surface area contributed by atoms with Gasteiger partial charge in [-0.2, -0.15) is 0 Å². The number of hydrogen-bond donors (Lipinski definition) is 0. The second-order valence-electron chi connectivity index (χ2n) is 3.82. The normalized spacial score (nSPS) is 10.9. The van der Waals surface area contributed by atoms with Gasteiger partial charge < -0.3 is 9.64 Å². The number of nitrogens with zero attached hydrogens (tertiary/aromatic N) is 3. The van der Waals surface area contributed by atoms with E-state index in [0.717, 1.165) is 24.2 Å². The highest BCUT2D eigenvalue weighted by molar-refractivity contribution is 7.17. The summed E-state index contributed by atoms with van der Waals surface area (Å²) in [4.78, 5) is 14.1. The number of halogens is 1. The third-order valence-corrected chi connectivity index (χ3v) is 3.77. The van der Waals surface area contributed by atoms with Crippen molar-refractivity contribution in [1.29, 1.82) is 0 Å². The molecule has 0 N–H and O–H groups in total. The van der Waals surface area contributed by atoms with E-state index in [1.165, 1.54) is 0 Å². The Labute approximate surface area is 116 Å². The number of rotatable bonds is 7. The SMILES string of the molecule is CCC(CC)N(CCOC)C(=O)c1nnc(Cl)s1. The highest BCUT2D eigenvalue weighted by Gasteiger charge is 2.24. The van der Waals surface area contributed by atoms with Crippen molar-refractivity contribution in [3.05, 3.63) is 9.47 Å². The molecule has 0 aromatic carbocycles. The molecule has 0 unspecified atom stereocenters. The van der Waals surface area contributed by atoms with Gasteiger partial charge in [0.25, 0.3) is 5.91 Å². The summed E-state index contributed by atoms with van der Waals surface area (Å²) in [7, 11) is 1.62. The van der Waals surface area contributed by atoms with Gasteiger partial charge in [0.2, 0.25) is 9.47 Å². The maximum atomic E-state index is 12.3. The van der Waals surface area contributed by atoms with E-state index in [9.17, 15) is 4.79 Å². The van der Waals surface area contributed by atoms with Crippen LogP contribution in [0.15, 0.2) is 0 Å². The van der Waals surface area contributed by atoms with Gasteiger partial charge in [0, 0.05) is 19.7 Å². The van der Waals surface area contributed by atoms with Crippen molar-refractivity contribution in [3.8, 4) is 0 Å². The standard InChI is InChI=1S/C11H18ClN3O2S/c1-4-8(5-2)15(6-7-17-3)10(16)9-13-14-11(12)18-9/h8H,4-7H2,1-3H3. The van der Waals surface area contributed by atoms with Crippen molar-refractivity contribution < 1.29 is 9.53 Å². The topological polar surface area (TPSA) is 55.3 Å². The molecule has 1 aromatic heterocycles. The van der Waals surface area contributed by atoms with Crippen LogP contribution in [0.1, 0.15) is 36.5 Å². The van der Waals surface area contributed by atoms with Crippen LogP contribution in [-0.2, 0) is 4.74 Å². The first kappa shape index (κ1) is 15.3. The Bertz CT molecular complexity index is 382. The second kappa shape index (κ2) is 7.66. The van der Waals surface area contributed by atoms with Gasteiger partial charge in [-0.3, -0.25) is 4.79 Å². The summed E-state index contributed by atoms with van der Waals surface area (Å²) in [6, 6.07) is 0.190. The van der Waals surface area contributed by atoms with Crippen LogP contribution in [0.25, 0.3) is 0 Å². The third-order valence-electron chi connectivity index (χ3n) is 2.76. The predicted molar refractivity (Wildman–Crippen MR) is 72.2 cm³/mol. The molecule has 102 valence electrons. The molecule has 0 atom stereocenters. The zero-order chi connectivity index (χ0) is 13.5. The molecule has 1 aromatic rings. The van der Waals surface area contributed by atoms with Crippen LogP contribution < -0.4 is 0 Å². The smallest absolute Gasteiger partial charge is 0.285 e. The second-order valence-corrected chi connectivity index (χ2v) is 5.38. The zero-order valence-corrected chi connectivity index (χ0v) is 12.4. The highest BCUT2D eigenvalue weighted by atomic mass is 35.5. The van der Waals surface area contributed by atoms with Crippen LogP contribution in [0.3, 0.4) is 0 Å². The Morgan fingerprint density at radius 1 is 1.44 bits per heavy atom. The summed E-state index contributed by atoms with van der Waals surface area (Å²) >= 11 is 6.82. The lowest BCUT2D eigenvalue weighted by Gasteiger charge is -2.29. The minimum Gasteiger partial charge on any atom is -0.383 e. The van der Waals surface area contributed by atoms with Crippen LogP contribution in [-0.4, -0.2) is 47.3 Å². The van der Waals surface area contributed by atoms with Gasteiger partial charge in [-0.25, -0.2) is 0 Å². The summed E-state index contributed by atoms with van der Waals surface area (Å²) in [6.07, 6.45) is 1.80. The Morgan fingerprint density at radius 3 is 2.56 bits per heavy atom. The quantitative estimate of drug-likeness (QED) is 0.774. The fraction of sp³-hybridized carbons (Fsp3) is 0.727. The van der Waals surface area contributed by atoms with Crippen molar-refractivity contribution in [1.82, 2.24) is 15.1 Å². The number of amides is 1. The predicted octanol–water partition coefficient (Wildman–Crippen LogP) is 2.47. The summed E-state index contributed by atoms with van der Waals surface area (Å²) in [6.45, 7) is 5.19. The van der Waals surface area contributed by atoms with Gasteiger partial charge in [-0.1, -0.05) is 25.2 Å². The molecule has 0 aliphatic heterocycles. The molecular weight excluding hydrogens is 274 g/mol. The first-order valence-electron chi connectivity index (χ1n) is 5.92. The highest BCUT2D eigenvalue weighted by Crippen LogP contribution is 2.19. The monoisotopic (exact) mass is 291 g/mol. The molecule has 0 saturated carbocycles. The Balaban J connectivity index is 2.84. The lowest BCUT2D eigenvalue weighted by atomic mass is 10.1. The molecule has 0 aliphatic carbocycles. The first-order valence-corrected chi connectivity index (χ1v) is 7.12. The largest absolute Gasteiger partial charge is 0.383 e. The van der Waals surface area contributed by atoms with Crippen LogP contribution in [0.2, 0.25) is 4.47 Å². The lowest BCUT2D eigenvalue weighted by molar-refractivity contribution is 0.0588. The van der Waals surface area contributed by atoms with Crippen LogP contribution in [0, 0.1) is 0 Å². The van der Waals surface area contributed by atoms with Gasteiger partial charge in [-0.15, -0.1) is 10.2 Å². The maximum absolute atomic E-state index is 12.3. The van der Waals surface area contributed by atoms with E-state index in [1.54, 1.807) is 12.0 Å². The van der Waals surface area contributed by atoms with Crippen molar-refractivity contribution in [2.45, 2.75) is 32.7 Å². The fourth-order valence-electron chi connectivity index (χ4n) is 1.78. The van der Waals surface area contributed by atoms with E-state index < -0.39 is 0 Å². The van der Waals surface area contributed by atoms with Crippen molar-refractivity contribution in [2.24, 2.45) is 0 Å². The third kappa shape index (κ3) is 3.90. The Morgan fingerprint density at radius 2 is 2.11 bits per heavy atom. The lowest BCUT2D eigenvalue weighted by Crippen LogP contribution is -2.41. The maximum Gasteiger partial charge on any atom is 0.285 e. The van der Waals surface area contributed by atoms with E-state index in [-0.39, 0.29) is 16.4 Å². The molecule has 1 rings (SSSR count). The summed E-state index contributed by atoms with van der Waals surface area (Å²) in [5.41, 5.74) is 0. The van der Waals surface area contributed by atoms with Gasteiger partial charge in [0.05, 0.1) is 6.61 Å². The van der Waals surface area contributed by atoms with Crippen molar-refractivity contribution in [3.63, 3.8) is 0 Å². The van der Waals surface area contributed by atoms with Crippen molar-refractivity contribution >= 4 is 28.8 Å². The number of aromatic nitrogens is 2. The van der Waals surface area contributed by atoms with E-state index in [4.69, 9.17) is 16.3 Å². The van der Waals surface area contributed by atoms with Gasteiger partial charge in [0.1, 0.15) is 0 Å². The molecule has 0 aliphatic rings. The van der Waals surface area contributed by atoms with Gasteiger partial charge in [0.15, 0.2) is 0 Å². The molecule has 1 heterocycles. The van der Waals surface area contributed by atoms with Gasteiger partial charge in [-0.05, 0) is 24.4 Å². The number of methoxy groups -OCH3 is 1. The molecule has 5 nitrogen and oxygen atoms in total. The molecule has 18 heavy (non-hydrogen) atoms. The average molecular weight is 292 g/mol. The first-order chi connectivity index (χ1) is 8.63. The summed E-state index contributed by atoms with van der Waals surface area (Å²) in [5.74, 6) is -0.120. The number of hydrogen-bond acceptors (Lipinski definition) is 5. The minimum atomic E-state index is -0.120. The number of carbonyl (C=O) groups is 1. The average Bonchev–Trinajstić information content (AvgIpc) is 2.80. The van der Waals surface area contributed by atoms with E-state index in [0.29, 0.717) is 18.2 Å². The molecule has 7 heteroatoms. The molecule has 1 amide bonds. The molecule has 0 fully saturated rings. The summed E-state index contributed by atoms with van der Waals surface area (Å²) < 4.78 is 5.34. The van der Waals surface area contributed by atoms with Gasteiger partial charge >= 0.3 is 0 Å². The van der Waals surface area contributed by atoms with Crippen LogP contribution in [0.5, 0.6) is 0 Å². The molecular formula is C11H18ClN3O2S. The Hall–Kier alpha value is -0.720. The fourth-order valence-corrected chi connectivity index (χ4v) is 2.57. The van der Waals surface area contributed by atoms with Crippen molar-refractivity contribution in [2.75, 3.05) is 20.3 Å². The van der Waals surface area contributed by atoms with E-state index >= 15 is 0 Å². The molecule has 0 bridgehead atoms. The summed E-state index contributed by atoms with van der Waals surface area (Å²) in [5, 5.41) is 7.80. The number of carbonyl (C=O) groups excluding carboxylic acids is 1. The van der Waals surface area contributed by atoms with Crippen LogP contribution in [0.4, 0.5) is 0 Å².